The number of rotatable bonds is 2. The van der Waals surface area contributed by atoms with Crippen LogP contribution in [0.15, 0.2) is 42.5 Å². The number of nitrogens with one attached hydrogen (secondary N) is 1. The smallest absolute Gasteiger partial charge is 0.323 e. The van der Waals surface area contributed by atoms with Crippen molar-refractivity contribution in [2.24, 2.45) is 0 Å². The molecule has 2 atom stereocenters. The van der Waals surface area contributed by atoms with Gasteiger partial charge in [0.05, 0.1) is 13.2 Å². The number of hydrogen-bond acceptors (Lipinski definition) is 5. The predicted molar refractivity (Wildman–Crippen MR) is 83.5 cm³/mol. The molecule has 0 aromatic heterocycles. The SMILES string of the molecule is COC(=O)C1Cc2ccccc2C(c2ccc3c(c2)OCO3)N1. The molecule has 5 heteroatoms. The van der Waals surface area contributed by atoms with Gasteiger partial charge in [0.1, 0.15) is 6.04 Å². The van der Waals surface area contributed by atoms with Crippen molar-refractivity contribution in [1.29, 1.82) is 0 Å². The molecule has 0 amide bonds. The molecule has 2 unspecified atom stereocenters. The van der Waals surface area contributed by atoms with Gasteiger partial charge in [-0.05, 0) is 35.2 Å². The minimum atomic E-state index is -0.356. The summed E-state index contributed by atoms with van der Waals surface area (Å²) in [5.74, 6) is 1.24. The number of fused-ring (bicyclic) bond motifs is 2. The van der Waals surface area contributed by atoms with Crippen LogP contribution in [0.5, 0.6) is 11.5 Å². The molecular weight excluding hydrogens is 294 g/mol. The monoisotopic (exact) mass is 311 g/mol. The molecule has 118 valence electrons. The number of esters is 1. The number of carbonyl (C=O) groups excluding carboxylic acids is 1. The molecule has 0 aliphatic carbocycles. The molecule has 0 fully saturated rings. The second kappa shape index (κ2) is 5.59. The third-order valence-electron chi connectivity index (χ3n) is 4.37. The van der Waals surface area contributed by atoms with Gasteiger partial charge in [-0.25, -0.2) is 0 Å². The lowest BCUT2D eigenvalue weighted by Gasteiger charge is -2.32. The number of carbonyl (C=O) groups is 1. The Morgan fingerprint density at radius 3 is 2.87 bits per heavy atom. The average Bonchev–Trinajstić information content (AvgIpc) is 3.07. The molecule has 2 aliphatic heterocycles. The van der Waals surface area contributed by atoms with Gasteiger partial charge in [-0.3, -0.25) is 10.1 Å². The van der Waals surface area contributed by atoms with Crippen LogP contribution in [-0.4, -0.2) is 25.9 Å². The summed E-state index contributed by atoms with van der Waals surface area (Å²) >= 11 is 0. The first kappa shape index (κ1) is 14.1. The standard InChI is InChI=1S/C18H17NO4/c1-21-18(20)14-8-11-4-2-3-5-13(11)17(19-14)12-6-7-15-16(9-12)23-10-22-15/h2-7,9,14,17,19H,8,10H2,1H3. The van der Waals surface area contributed by atoms with Crippen LogP contribution in [0, 0.1) is 0 Å². The van der Waals surface area contributed by atoms with Crippen LogP contribution < -0.4 is 14.8 Å². The Morgan fingerprint density at radius 2 is 2.00 bits per heavy atom. The molecule has 4 rings (SSSR count). The van der Waals surface area contributed by atoms with Gasteiger partial charge < -0.3 is 14.2 Å². The number of ether oxygens (including phenoxy) is 3. The summed E-state index contributed by atoms with van der Waals surface area (Å²) in [7, 11) is 1.42. The Labute approximate surface area is 134 Å². The highest BCUT2D eigenvalue weighted by Gasteiger charge is 2.32. The highest BCUT2D eigenvalue weighted by atomic mass is 16.7. The average molecular weight is 311 g/mol. The van der Waals surface area contributed by atoms with Crippen LogP contribution in [0.25, 0.3) is 0 Å². The molecule has 2 aliphatic rings. The summed E-state index contributed by atoms with van der Waals surface area (Å²) in [5, 5.41) is 3.40. The van der Waals surface area contributed by atoms with Crippen LogP contribution in [0.2, 0.25) is 0 Å². The molecule has 2 aromatic rings. The van der Waals surface area contributed by atoms with Crippen LogP contribution in [0.4, 0.5) is 0 Å². The third-order valence-corrected chi connectivity index (χ3v) is 4.37. The first-order chi connectivity index (χ1) is 11.3. The van der Waals surface area contributed by atoms with E-state index in [0.29, 0.717) is 6.42 Å². The Balaban J connectivity index is 1.75. The van der Waals surface area contributed by atoms with Gasteiger partial charge in [-0.15, -0.1) is 0 Å². The lowest BCUT2D eigenvalue weighted by Crippen LogP contribution is -2.45. The maximum atomic E-state index is 12.0. The Bertz CT molecular complexity index is 758. The van der Waals surface area contributed by atoms with Gasteiger partial charge in [0.2, 0.25) is 6.79 Å². The fourth-order valence-corrected chi connectivity index (χ4v) is 3.23. The zero-order chi connectivity index (χ0) is 15.8. The quantitative estimate of drug-likeness (QED) is 0.862. The highest BCUT2D eigenvalue weighted by molar-refractivity contribution is 5.77. The van der Waals surface area contributed by atoms with Crippen molar-refractivity contribution >= 4 is 5.97 Å². The van der Waals surface area contributed by atoms with E-state index in [9.17, 15) is 4.79 Å². The van der Waals surface area contributed by atoms with Crippen molar-refractivity contribution in [1.82, 2.24) is 5.32 Å². The molecule has 0 radical (unpaired) electrons. The maximum Gasteiger partial charge on any atom is 0.323 e. The molecule has 0 saturated heterocycles. The fourth-order valence-electron chi connectivity index (χ4n) is 3.23. The second-order valence-corrected chi connectivity index (χ2v) is 5.69. The Morgan fingerprint density at radius 1 is 1.17 bits per heavy atom. The summed E-state index contributed by atoms with van der Waals surface area (Å²) in [4.78, 5) is 12.0. The van der Waals surface area contributed by atoms with E-state index in [-0.39, 0.29) is 24.8 Å². The summed E-state index contributed by atoms with van der Waals surface area (Å²) < 4.78 is 15.8. The summed E-state index contributed by atoms with van der Waals surface area (Å²) in [6, 6.07) is 13.6. The lowest BCUT2D eigenvalue weighted by atomic mass is 9.86. The van der Waals surface area contributed by atoms with E-state index >= 15 is 0 Å². The highest BCUT2D eigenvalue weighted by Crippen LogP contribution is 2.37. The molecule has 2 heterocycles. The zero-order valence-corrected chi connectivity index (χ0v) is 12.7. The third kappa shape index (κ3) is 2.43. The van der Waals surface area contributed by atoms with Gasteiger partial charge in [-0.2, -0.15) is 0 Å². The molecule has 5 nitrogen and oxygen atoms in total. The zero-order valence-electron chi connectivity index (χ0n) is 12.7. The van der Waals surface area contributed by atoms with Gasteiger partial charge >= 0.3 is 5.97 Å². The lowest BCUT2D eigenvalue weighted by molar-refractivity contribution is -0.143. The Kier molecular flexibility index (Phi) is 3.42. The van der Waals surface area contributed by atoms with E-state index in [1.807, 2.05) is 30.3 Å². The Hall–Kier alpha value is -2.53. The number of methoxy groups -OCH3 is 1. The van der Waals surface area contributed by atoms with E-state index in [1.165, 1.54) is 12.7 Å². The molecule has 0 saturated carbocycles. The number of hydrogen-bond donors (Lipinski definition) is 1. The van der Waals surface area contributed by atoms with Crippen LogP contribution in [0.1, 0.15) is 22.7 Å². The van der Waals surface area contributed by atoms with Crippen molar-refractivity contribution in [3.05, 3.63) is 59.2 Å². The van der Waals surface area contributed by atoms with Gasteiger partial charge in [0, 0.05) is 0 Å². The van der Waals surface area contributed by atoms with Gasteiger partial charge in [0.25, 0.3) is 0 Å². The van der Waals surface area contributed by atoms with Crippen molar-refractivity contribution in [3.8, 4) is 11.5 Å². The predicted octanol–water partition coefficient (Wildman–Crippen LogP) is 2.19. The van der Waals surface area contributed by atoms with Crippen LogP contribution >= 0.6 is 0 Å². The first-order valence-corrected chi connectivity index (χ1v) is 7.57. The largest absolute Gasteiger partial charge is 0.468 e. The van der Waals surface area contributed by atoms with E-state index < -0.39 is 0 Å². The van der Waals surface area contributed by atoms with Crippen molar-refractivity contribution in [3.63, 3.8) is 0 Å². The molecule has 1 N–H and O–H groups in total. The molecular formula is C18H17NO4. The van der Waals surface area contributed by atoms with Crippen molar-refractivity contribution in [2.45, 2.75) is 18.5 Å². The van der Waals surface area contributed by atoms with Gasteiger partial charge in [-0.1, -0.05) is 30.3 Å². The second-order valence-electron chi connectivity index (χ2n) is 5.69. The molecule has 0 spiro atoms. The minimum absolute atomic E-state index is 0.0847. The summed E-state index contributed by atoms with van der Waals surface area (Å²) in [5.41, 5.74) is 3.37. The van der Waals surface area contributed by atoms with E-state index in [4.69, 9.17) is 14.2 Å². The maximum absolute atomic E-state index is 12.0. The summed E-state index contributed by atoms with van der Waals surface area (Å²) in [6.45, 7) is 0.248. The van der Waals surface area contributed by atoms with E-state index in [1.54, 1.807) is 0 Å². The number of benzene rings is 2. The van der Waals surface area contributed by atoms with Crippen molar-refractivity contribution < 1.29 is 19.0 Å². The fraction of sp³-hybridized carbons (Fsp3) is 0.278. The molecule has 0 bridgehead atoms. The first-order valence-electron chi connectivity index (χ1n) is 7.57. The van der Waals surface area contributed by atoms with E-state index in [2.05, 4.69) is 17.4 Å². The molecule has 2 aromatic carbocycles. The normalized spacial score (nSPS) is 21.6. The topological polar surface area (TPSA) is 56.8 Å². The van der Waals surface area contributed by atoms with Gasteiger partial charge in [0.15, 0.2) is 11.5 Å². The summed E-state index contributed by atoms with van der Waals surface area (Å²) in [6.07, 6.45) is 0.629. The van der Waals surface area contributed by atoms with Crippen molar-refractivity contribution in [2.75, 3.05) is 13.9 Å². The molecule has 23 heavy (non-hydrogen) atoms. The van der Waals surface area contributed by atoms with Crippen LogP contribution in [0.3, 0.4) is 0 Å². The van der Waals surface area contributed by atoms with E-state index in [0.717, 1.165) is 22.6 Å². The van der Waals surface area contributed by atoms with Crippen LogP contribution in [-0.2, 0) is 16.0 Å². The minimum Gasteiger partial charge on any atom is -0.468 e.